The zero-order chi connectivity index (χ0) is 15.0. The van der Waals surface area contributed by atoms with E-state index in [4.69, 9.17) is 0 Å². The Hall–Kier alpha value is -1.92. The molecule has 0 aromatic carbocycles. The molecule has 110 valence electrons. The summed E-state index contributed by atoms with van der Waals surface area (Å²) in [6.45, 7) is 7.61. The SMILES string of the molecule is CC[N+]1=C(NCC(C)C)N=C2C1C(=O)N(C)C(=O)N2C. The Labute approximate surface area is 119 Å². The molecule has 1 fully saturated rings. The van der Waals surface area contributed by atoms with Crippen LogP contribution in [-0.2, 0) is 4.79 Å². The summed E-state index contributed by atoms with van der Waals surface area (Å²) in [5.74, 6) is 1.42. The van der Waals surface area contributed by atoms with Gasteiger partial charge in [0.15, 0.2) is 0 Å². The van der Waals surface area contributed by atoms with Crippen molar-refractivity contribution in [3.8, 4) is 0 Å². The van der Waals surface area contributed by atoms with Crippen LogP contribution >= 0.6 is 0 Å². The van der Waals surface area contributed by atoms with E-state index in [1.54, 1.807) is 7.05 Å². The van der Waals surface area contributed by atoms with Crippen LogP contribution in [0.5, 0.6) is 0 Å². The van der Waals surface area contributed by atoms with Crippen molar-refractivity contribution in [2.24, 2.45) is 10.9 Å². The third-order valence-corrected chi connectivity index (χ3v) is 3.54. The molecule has 7 nitrogen and oxygen atoms in total. The molecular weight excluding hydrogens is 258 g/mol. The first-order chi connectivity index (χ1) is 9.38. The molecule has 0 radical (unpaired) electrons. The van der Waals surface area contributed by atoms with Crippen molar-refractivity contribution in [3.05, 3.63) is 0 Å². The first-order valence-electron chi connectivity index (χ1n) is 6.89. The number of nitrogens with zero attached hydrogens (tertiary/aromatic N) is 4. The number of amidine groups is 1. The molecule has 2 heterocycles. The second-order valence-corrected chi connectivity index (χ2v) is 5.50. The zero-order valence-electron chi connectivity index (χ0n) is 12.7. The van der Waals surface area contributed by atoms with E-state index in [2.05, 4.69) is 24.2 Å². The van der Waals surface area contributed by atoms with E-state index < -0.39 is 6.04 Å². The van der Waals surface area contributed by atoms with E-state index in [0.29, 0.717) is 24.3 Å². The molecule has 3 amide bonds. The number of urea groups is 1. The molecule has 1 atom stereocenters. The zero-order valence-corrected chi connectivity index (χ0v) is 12.7. The molecule has 0 aromatic heterocycles. The third kappa shape index (κ3) is 2.17. The number of likely N-dealkylation sites (N-methyl/N-ethyl adjacent to an activating group) is 3. The number of carbonyl (C=O) groups is 2. The molecule has 0 aliphatic carbocycles. The highest BCUT2D eigenvalue weighted by atomic mass is 16.2. The van der Waals surface area contributed by atoms with Crippen LogP contribution in [0, 0.1) is 5.92 Å². The van der Waals surface area contributed by atoms with Gasteiger partial charge >= 0.3 is 12.0 Å². The molecule has 1 unspecified atom stereocenters. The number of nitrogens with one attached hydrogen (secondary N) is 1. The predicted octanol–water partition coefficient (Wildman–Crippen LogP) is -0.0751. The Balaban J connectivity index is 2.35. The van der Waals surface area contributed by atoms with Crippen molar-refractivity contribution in [1.82, 2.24) is 15.1 Å². The van der Waals surface area contributed by atoms with Gasteiger partial charge in [0.05, 0.1) is 13.1 Å². The number of carbonyl (C=O) groups excluding carboxylic acids is 2. The topological polar surface area (TPSA) is 68.0 Å². The van der Waals surface area contributed by atoms with Crippen molar-refractivity contribution in [3.63, 3.8) is 0 Å². The summed E-state index contributed by atoms with van der Waals surface area (Å²) in [5, 5.41) is 3.26. The van der Waals surface area contributed by atoms with Crippen molar-refractivity contribution >= 4 is 23.7 Å². The van der Waals surface area contributed by atoms with Gasteiger partial charge in [-0.05, 0) is 12.8 Å². The highest BCUT2D eigenvalue weighted by molar-refractivity contribution is 6.22. The minimum atomic E-state index is -0.498. The van der Waals surface area contributed by atoms with E-state index in [9.17, 15) is 9.59 Å². The molecule has 0 saturated carbocycles. The number of amides is 3. The van der Waals surface area contributed by atoms with E-state index in [-0.39, 0.29) is 11.9 Å². The lowest BCUT2D eigenvalue weighted by Gasteiger charge is -2.31. The Morgan fingerprint density at radius 3 is 2.50 bits per heavy atom. The standard InChI is InChI=1S/C13H21N5O2/c1-6-18-9-10(15-12(18)14-7-8(2)3)16(4)13(20)17(5)11(9)19/h8-9H,6-7H2,1-5H3/p+1. The summed E-state index contributed by atoms with van der Waals surface area (Å²) in [5.41, 5.74) is 0. The largest absolute Gasteiger partial charge is 0.390 e. The number of fused-ring (bicyclic) bond motifs is 1. The van der Waals surface area contributed by atoms with Gasteiger partial charge in [0.1, 0.15) is 0 Å². The molecule has 2 rings (SSSR count). The van der Waals surface area contributed by atoms with Crippen LogP contribution in [0.3, 0.4) is 0 Å². The fourth-order valence-electron chi connectivity index (χ4n) is 2.37. The van der Waals surface area contributed by atoms with Gasteiger partial charge in [-0.15, -0.1) is 0 Å². The average molecular weight is 280 g/mol. The number of rotatable bonds is 3. The van der Waals surface area contributed by atoms with Crippen molar-refractivity contribution in [2.75, 3.05) is 27.2 Å². The van der Waals surface area contributed by atoms with Gasteiger partial charge < -0.3 is 0 Å². The Bertz CT molecular complexity index is 509. The third-order valence-electron chi connectivity index (χ3n) is 3.54. The van der Waals surface area contributed by atoms with Crippen LogP contribution in [0.4, 0.5) is 4.79 Å². The number of guanidine groups is 1. The summed E-state index contributed by atoms with van der Waals surface area (Å²) >= 11 is 0. The summed E-state index contributed by atoms with van der Waals surface area (Å²) in [7, 11) is 3.15. The lowest BCUT2D eigenvalue weighted by atomic mass is 10.1. The Morgan fingerprint density at radius 1 is 1.30 bits per heavy atom. The van der Waals surface area contributed by atoms with Gasteiger partial charge in [-0.2, -0.15) is 0 Å². The Kier molecular flexibility index (Phi) is 3.78. The molecule has 1 N–H and O–H groups in total. The minimum Gasteiger partial charge on any atom is -0.274 e. The lowest BCUT2D eigenvalue weighted by molar-refractivity contribution is -0.533. The Morgan fingerprint density at radius 2 is 1.95 bits per heavy atom. The molecule has 20 heavy (non-hydrogen) atoms. The normalized spacial score (nSPS) is 22.7. The summed E-state index contributed by atoms with van der Waals surface area (Å²) < 4.78 is 1.90. The summed E-state index contributed by atoms with van der Waals surface area (Å²) in [6.07, 6.45) is 0. The highest BCUT2D eigenvalue weighted by Gasteiger charge is 2.50. The molecule has 2 aliphatic rings. The molecule has 0 aromatic rings. The van der Waals surface area contributed by atoms with Crippen LogP contribution in [0.25, 0.3) is 0 Å². The van der Waals surface area contributed by atoms with E-state index >= 15 is 0 Å². The van der Waals surface area contributed by atoms with Crippen LogP contribution in [0.15, 0.2) is 4.99 Å². The molecule has 7 heteroatoms. The maximum atomic E-state index is 12.3. The quantitative estimate of drug-likeness (QED) is 0.736. The van der Waals surface area contributed by atoms with Crippen molar-refractivity contribution in [2.45, 2.75) is 26.8 Å². The average Bonchev–Trinajstić information content (AvgIpc) is 2.79. The predicted molar refractivity (Wildman–Crippen MR) is 75.8 cm³/mol. The fraction of sp³-hybridized carbons (Fsp3) is 0.692. The van der Waals surface area contributed by atoms with Crippen LogP contribution in [0.2, 0.25) is 0 Å². The number of hydrogen-bond acceptors (Lipinski definition) is 4. The number of hydrogen-bond donors (Lipinski definition) is 1. The smallest absolute Gasteiger partial charge is 0.274 e. The number of imide groups is 1. The van der Waals surface area contributed by atoms with Gasteiger partial charge in [-0.1, -0.05) is 18.8 Å². The van der Waals surface area contributed by atoms with E-state index in [1.165, 1.54) is 11.9 Å². The van der Waals surface area contributed by atoms with Crippen LogP contribution < -0.4 is 5.32 Å². The fourth-order valence-corrected chi connectivity index (χ4v) is 2.37. The van der Waals surface area contributed by atoms with Crippen molar-refractivity contribution in [1.29, 1.82) is 0 Å². The van der Waals surface area contributed by atoms with Gasteiger partial charge in [-0.3, -0.25) is 19.9 Å². The minimum absolute atomic E-state index is 0.227. The lowest BCUT2D eigenvalue weighted by Crippen LogP contribution is -2.61. The summed E-state index contributed by atoms with van der Waals surface area (Å²) in [6, 6.07) is -0.839. The van der Waals surface area contributed by atoms with Gasteiger partial charge in [-0.25, -0.2) is 9.37 Å². The van der Waals surface area contributed by atoms with E-state index in [0.717, 1.165) is 11.4 Å². The first-order valence-corrected chi connectivity index (χ1v) is 6.89. The van der Waals surface area contributed by atoms with Crippen LogP contribution in [-0.4, -0.2) is 71.3 Å². The second kappa shape index (κ2) is 5.22. The van der Waals surface area contributed by atoms with Gasteiger partial charge in [0.2, 0.25) is 11.9 Å². The van der Waals surface area contributed by atoms with Crippen LogP contribution in [0.1, 0.15) is 20.8 Å². The second-order valence-electron chi connectivity index (χ2n) is 5.50. The first kappa shape index (κ1) is 14.5. The summed E-state index contributed by atoms with van der Waals surface area (Å²) in [4.78, 5) is 31.3. The molecule has 0 bridgehead atoms. The monoisotopic (exact) mass is 280 g/mol. The highest BCUT2D eigenvalue weighted by Crippen LogP contribution is 2.18. The van der Waals surface area contributed by atoms with Gasteiger partial charge in [0.25, 0.3) is 5.91 Å². The number of aliphatic imine (C=N–C) groups is 1. The van der Waals surface area contributed by atoms with E-state index in [1.807, 2.05) is 11.5 Å². The van der Waals surface area contributed by atoms with Gasteiger partial charge in [0, 0.05) is 14.1 Å². The molecular formula is C13H22N5O2+. The maximum absolute atomic E-state index is 12.3. The molecule has 0 spiro atoms. The molecule has 2 aliphatic heterocycles. The maximum Gasteiger partial charge on any atom is 0.390 e. The van der Waals surface area contributed by atoms with Crippen molar-refractivity contribution < 1.29 is 14.2 Å². The molecule has 1 saturated heterocycles.